The Hall–Kier alpha value is -0.210. The summed E-state index contributed by atoms with van der Waals surface area (Å²) < 4.78 is 0. The first kappa shape index (κ1) is 6.90. The molecule has 0 bridgehead atoms. The van der Waals surface area contributed by atoms with Crippen LogP contribution in [0.5, 0.6) is 0 Å². The third-order valence-electron chi connectivity index (χ3n) is 1.11. The molecule has 0 fully saturated rings. The van der Waals surface area contributed by atoms with Gasteiger partial charge < -0.3 is 5.73 Å². The maximum atomic E-state index is 5.69. The van der Waals surface area contributed by atoms with Crippen molar-refractivity contribution in [3.8, 4) is 0 Å². The van der Waals surface area contributed by atoms with Crippen molar-refractivity contribution in [1.29, 1.82) is 0 Å². The van der Waals surface area contributed by atoms with Gasteiger partial charge in [0.05, 0.1) is 5.02 Å². The quantitative estimate of drug-likeness (QED) is 0.673. The lowest BCUT2D eigenvalue weighted by Crippen LogP contribution is -1.75. The Morgan fingerprint density at radius 2 is 2.44 bits per heavy atom. The number of rotatable bonds is 1. The Balaban J connectivity index is 2.98. The fourth-order valence-electron chi connectivity index (χ4n) is 0.606. The van der Waals surface area contributed by atoms with Gasteiger partial charge in [-0.25, -0.2) is 0 Å². The predicted molar refractivity (Wildman–Crippen MR) is 43.1 cm³/mol. The zero-order chi connectivity index (χ0) is 6.85. The van der Waals surface area contributed by atoms with Crippen LogP contribution in [-0.4, -0.2) is 0 Å². The van der Waals surface area contributed by atoms with Crippen LogP contribution in [0.3, 0.4) is 0 Å². The van der Waals surface area contributed by atoms with Crippen molar-refractivity contribution in [2.45, 2.75) is 13.3 Å². The molecule has 50 valence electrons. The summed E-state index contributed by atoms with van der Waals surface area (Å²) in [6.07, 6.45) is 1.02. The molecule has 0 radical (unpaired) electrons. The zero-order valence-corrected chi connectivity index (χ0v) is 6.72. The van der Waals surface area contributed by atoms with Gasteiger partial charge in [-0.1, -0.05) is 18.5 Å². The van der Waals surface area contributed by atoms with Crippen LogP contribution in [0.1, 0.15) is 11.8 Å². The van der Waals surface area contributed by atoms with E-state index >= 15 is 0 Å². The van der Waals surface area contributed by atoms with Gasteiger partial charge >= 0.3 is 0 Å². The lowest BCUT2D eigenvalue weighted by molar-refractivity contribution is 1.19. The van der Waals surface area contributed by atoms with E-state index in [0.717, 1.165) is 11.4 Å². The Bertz CT molecular complexity index is 187. The highest BCUT2D eigenvalue weighted by molar-refractivity contribution is 7.16. The molecule has 0 aliphatic carbocycles. The van der Waals surface area contributed by atoms with E-state index in [1.165, 1.54) is 4.88 Å². The van der Waals surface area contributed by atoms with Crippen molar-refractivity contribution >= 4 is 27.9 Å². The number of hydrogen-bond donors (Lipinski definition) is 1. The summed E-state index contributed by atoms with van der Waals surface area (Å²) in [6.45, 7) is 2.08. The smallest absolute Gasteiger partial charge is 0.105 e. The van der Waals surface area contributed by atoms with E-state index in [2.05, 4.69) is 6.92 Å². The lowest BCUT2D eigenvalue weighted by Gasteiger charge is -1.80. The third kappa shape index (κ3) is 1.37. The molecular formula is C6H8ClNS. The molecule has 1 aromatic rings. The Morgan fingerprint density at radius 1 is 1.78 bits per heavy atom. The van der Waals surface area contributed by atoms with Crippen molar-refractivity contribution in [3.05, 3.63) is 16.0 Å². The fourth-order valence-corrected chi connectivity index (χ4v) is 1.68. The van der Waals surface area contributed by atoms with Gasteiger partial charge in [-0.2, -0.15) is 0 Å². The first-order valence-electron chi connectivity index (χ1n) is 2.77. The molecule has 0 unspecified atom stereocenters. The predicted octanol–water partition coefficient (Wildman–Crippen LogP) is 2.55. The SMILES string of the molecule is CCc1cc(Cl)c(N)s1. The van der Waals surface area contributed by atoms with E-state index in [-0.39, 0.29) is 0 Å². The zero-order valence-electron chi connectivity index (χ0n) is 5.15. The van der Waals surface area contributed by atoms with Crippen molar-refractivity contribution < 1.29 is 0 Å². The molecule has 9 heavy (non-hydrogen) atoms. The van der Waals surface area contributed by atoms with E-state index in [1.54, 1.807) is 11.3 Å². The highest BCUT2D eigenvalue weighted by atomic mass is 35.5. The number of hydrogen-bond acceptors (Lipinski definition) is 2. The van der Waals surface area contributed by atoms with Gasteiger partial charge in [0.1, 0.15) is 5.00 Å². The summed E-state index contributed by atoms with van der Waals surface area (Å²) in [5, 5.41) is 1.42. The molecule has 0 saturated carbocycles. The number of nitrogen functional groups attached to an aromatic ring is 1. The number of thiophene rings is 1. The molecule has 0 aliphatic rings. The van der Waals surface area contributed by atoms with Gasteiger partial charge in [-0.3, -0.25) is 0 Å². The van der Waals surface area contributed by atoms with Crippen LogP contribution in [-0.2, 0) is 6.42 Å². The van der Waals surface area contributed by atoms with Crippen LogP contribution in [0.4, 0.5) is 5.00 Å². The Kier molecular flexibility index (Phi) is 1.98. The molecule has 0 aliphatic heterocycles. The standard InChI is InChI=1S/C6H8ClNS/c1-2-4-3-5(7)6(8)9-4/h3H,2,8H2,1H3. The largest absolute Gasteiger partial charge is 0.389 e. The van der Waals surface area contributed by atoms with Gasteiger partial charge in [0.25, 0.3) is 0 Å². The average molecular weight is 162 g/mol. The van der Waals surface area contributed by atoms with E-state index in [4.69, 9.17) is 17.3 Å². The van der Waals surface area contributed by atoms with Crippen molar-refractivity contribution in [2.24, 2.45) is 0 Å². The van der Waals surface area contributed by atoms with Crippen LogP contribution < -0.4 is 5.73 Å². The molecule has 0 aromatic carbocycles. The van der Waals surface area contributed by atoms with Crippen LogP contribution in [0.15, 0.2) is 6.07 Å². The molecule has 1 heterocycles. The fraction of sp³-hybridized carbons (Fsp3) is 0.333. The summed E-state index contributed by atoms with van der Waals surface area (Å²) >= 11 is 7.25. The minimum absolute atomic E-state index is 0.692. The van der Waals surface area contributed by atoms with Crippen molar-refractivity contribution in [2.75, 3.05) is 5.73 Å². The summed E-state index contributed by atoms with van der Waals surface area (Å²) in [5.41, 5.74) is 5.50. The summed E-state index contributed by atoms with van der Waals surface area (Å²) in [7, 11) is 0. The first-order chi connectivity index (χ1) is 4.24. The Labute approximate surface area is 63.4 Å². The minimum Gasteiger partial charge on any atom is -0.389 e. The normalized spacial score (nSPS) is 10.0. The molecule has 1 aromatic heterocycles. The van der Waals surface area contributed by atoms with E-state index in [0.29, 0.717) is 5.02 Å². The molecule has 1 nitrogen and oxygen atoms in total. The first-order valence-corrected chi connectivity index (χ1v) is 3.97. The minimum atomic E-state index is 0.692. The second-order valence-electron chi connectivity index (χ2n) is 1.78. The molecule has 2 N–H and O–H groups in total. The summed E-state index contributed by atoms with van der Waals surface area (Å²) in [6, 6.07) is 1.92. The van der Waals surface area contributed by atoms with Crippen LogP contribution in [0.25, 0.3) is 0 Å². The van der Waals surface area contributed by atoms with Crippen LogP contribution in [0.2, 0.25) is 5.02 Å². The number of aryl methyl sites for hydroxylation is 1. The van der Waals surface area contributed by atoms with Gasteiger partial charge in [0.15, 0.2) is 0 Å². The maximum Gasteiger partial charge on any atom is 0.105 e. The molecule has 0 spiro atoms. The molecule has 0 amide bonds. The second kappa shape index (κ2) is 2.58. The molecule has 0 atom stereocenters. The van der Waals surface area contributed by atoms with Gasteiger partial charge in [0.2, 0.25) is 0 Å². The van der Waals surface area contributed by atoms with Crippen LogP contribution >= 0.6 is 22.9 Å². The van der Waals surface area contributed by atoms with Gasteiger partial charge in [0, 0.05) is 4.88 Å². The molecule has 1 rings (SSSR count). The Morgan fingerprint density at radius 3 is 2.67 bits per heavy atom. The lowest BCUT2D eigenvalue weighted by atomic mass is 10.4. The third-order valence-corrected chi connectivity index (χ3v) is 2.65. The number of anilines is 1. The van der Waals surface area contributed by atoms with E-state index in [9.17, 15) is 0 Å². The van der Waals surface area contributed by atoms with Gasteiger partial charge in [-0.15, -0.1) is 11.3 Å². The molecular weight excluding hydrogens is 154 g/mol. The van der Waals surface area contributed by atoms with Crippen molar-refractivity contribution in [3.63, 3.8) is 0 Å². The monoisotopic (exact) mass is 161 g/mol. The summed E-state index contributed by atoms with van der Waals surface area (Å²) in [5.74, 6) is 0. The van der Waals surface area contributed by atoms with E-state index < -0.39 is 0 Å². The molecule has 3 heteroatoms. The summed E-state index contributed by atoms with van der Waals surface area (Å²) in [4.78, 5) is 1.25. The van der Waals surface area contributed by atoms with Crippen molar-refractivity contribution in [1.82, 2.24) is 0 Å². The maximum absolute atomic E-state index is 5.69. The highest BCUT2D eigenvalue weighted by Gasteiger charge is 1.99. The average Bonchev–Trinajstić information content (AvgIpc) is 2.13. The highest BCUT2D eigenvalue weighted by Crippen LogP contribution is 2.29. The van der Waals surface area contributed by atoms with Gasteiger partial charge in [-0.05, 0) is 12.5 Å². The number of halogens is 1. The number of nitrogens with two attached hydrogens (primary N) is 1. The molecule has 0 saturated heterocycles. The van der Waals surface area contributed by atoms with E-state index in [1.807, 2.05) is 6.07 Å². The second-order valence-corrected chi connectivity index (χ2v) is 3.35. The topological polar surface area (TPSA) is 26.0 Å². The van der Waals surface area contributed by atoms with Crippen LogP contribution in [0, 0.1) is 0 Å².